The van der Waals surface area contributed by atoms with E-state index in [-0.39, 0.29) is 11.3 Å². The van der Waals surface area contributed by atoms with Crippen LogP contribution in [0.1, 0.15) is 15.9 Å². The van der Waals surface area contributed by atoms with Crippen LogP contribution in [0.15, 0.2) is 30.5 Å². The number of aromatic carboxylic acids is 1. The van der Waals surface area contributed by atoms with Crippen molar-refractivity contribution in [1.29, 1.82) is 0 Å². The molecule has 2 aromatic rings. The number of nitrogen functional groups attached to an aromatic ring is 1. The van der Waals surface area contributed by atoms with Crippen LogP contribution in [0.3, 0.4) is 0 Å². The molecule has 2 rings (SSSR count). The zero-order chi connectivity index (χ0) is 14.0. The SMILES string of the molecule is Cc1c(Cl)cccc1Nc1cc(C(=O)O)c(N)cn1. The second-order valence-corrected chi connectivity index (χ2v) is 4.41. The van der Waals surface area contributed by atoms with E-state index in [1.807, 2.05) is 13.0 Å². The lowest BCUT2D eigenvalue weighted by molar-refractivity contribution is 0.0698. The van der Waals surface area contributed by atoms with Crippen LogP contribution in [0.5, 0.6) is 0 Å². The molecule has 5 nitrogen and oxygen atoms in total. The molecule has 0 bridgehead atoms. The normalized spacial score (nSPS) is 10.2. The number of benzene rings is 1. The summed E-state index contributed by atoms with van der Waals surface area (Å²) in [6.07, 6.45) is 1.31. The minimum absolute atomic E-state index is 0.0113. The van der Waals surface area contributed by atoms with Crippen molar-refractivity contribution in [2.45, 2.75) is 6.92 Å². The Bertz CT molecular complexity index is 644. The molecule has 1 aromatic carbocycles. The Kier molecular flexibility index (Phi) is 3.57. The van der Waals surface area contributed by atoms with Crippen LogP contribution >= 0.6 is 11.6 Å². The maximum atomic E-state index is 11.0. The number of nitrogens with one attached hydrogen (secondary N) is 1. The fraction of sp³-hybridized carbons (Fsp3) is 0.0769. The van der Waals surface area contributed by atoms with E-state index in [9.17, 15) is 4.79 Å². The van der Waals surface area contributed by atoms with E-state index in [1.165, 1.54) is 12.3 Å². The van der Waals surface area contributed by atoms with Crippen molar-refractivity contribution in [2.75, 3.05) is 11.1 Å². The van der Waals surface area contributed by atoms with Crippen molar-refractivity contribution in [3.05, 3.63) is 46.6 Å². The molecule has 1 aromatic heterocycles. The zero-order valence-corrected chi connectivity index (χ0v) is 10.9. The van der Waals surface area contributed by atoms with E-state index >= 15 is 0 Å². The van der Waals surface area contributed by atoms with Crippen molar-refractivity contribution in [1.82, 2.24) is 4.98 Å². The molecule has 1 heterocycles. The van der Waals surface area contributed by atoms with Gasteiger partial charge in [-0.05, 0) is 30.7 Å². The first-order valence-electron chi connectivity index (χ1n) is 5.50. The fourth-order valence-corrected chi connectivity index (χ4v) is 1.77. The number of carbonyl (C=O) groups is 1. The van der Waals surface area contributed by atoms with Gasteiger partial charge in [0.2, 0.25) is 0 Å². The molecule has 0 spiro atoms. The summed E-state index contributed by atoms with van der Waals surface area (Å²) in [5, 5.41) is 12.6. The largest absolute Gasteiger partial charge is 0.478 e. The molecule has 0 fully saturated rings. The Labute approximate surface area is 115 Å². The highest BCUT2D eigenvalue weighted by Gasteiger charge is 2.10. The van der Waals surface area contributed by atoms with Crippen molar-refractivity contribution in [3.63, 3.8) is 0 Å². The highest BCUT2D eigenvalue weighted by Crippen LogP contribution is 2.26. The number of nitrogens with zero attached hydrogens (tertiary/aromatic N) is 1. The van der Waals surface area contributed by atoms with Gasteiger partial charge in [-0.15, -0.1) is 0 Å². The van der Waals surface area contributed by atoms with Gasteiger partial charge in [0, 0.05) is 10.7 Å². The van der Waals surface area contributed by atoms with E-state index in [2.05, 4.69) is 10.3 Å². The van der Waals surface area contributed by atoms with Gasteiger partial charge in [0.15, 0.2) is 0 Å². The van der Waals surface area contributed by atoms with Gasteiger partial charge in [0.25, 0.3) is 0 Å². The average Bonchev–Trinajstić information content (AvgIpc) is 2.37. The summed E-state index contributed by atoms with van der Waals surface area (Å²) in [5.41, 5.74) is 7.31. The van der Waals surface area contributed by atoms with Crippen LogP contribution in [-0.4, -0.2) is 16.1 Å². The third kappa shape index (κ3) is 2.77. The zero-order valence-electron chi connectivity index (χ0n) is 10.1. The van der Waals surface area contributed by atoms with Gasteiger partial charge in [-0.3, -0.25) is 0 Å². The summed E-state index contributed by atoms with van der Waals surface area (Å²) in [7, 11) is 0. The van der Waals surface area contributed by atoms with Gasteiger partial charge in [-0.2, -0.15) is 0 Å². The molecule has 0 saturated heterocycles. The van der Waals surface area contributed by atoms with Gasteiger partial charge in [0.1, 0.15) is 5.82 Å². The van der Waals surface area contributed by atoms with Crippen molar-refractivity contribution in [3.8, 4) is 0 Å². The van der Waals surface area contributed by atoms with E-state index in [4.69, 9.17) is 22.4 Å². The number of anilines is 3. The lowest BCUT2D eigenvalue weighted by atomic mass is 10.2. The molecular formula is C13H12ClN3O2. The van der Waals surface area contributed by atoms with E-state index in [0.717, 1.165) is 11.3 Å². The van der Waals surface area contributed by atoms with Gasteiger partial charge in [0.05, 0.1) is 17.4 Å². The predicted molar refractivity (Wildman–Crippen MR) is 75.1 cm³/mol. The highest BCUT2D eigenvalue weighted by molar-refractivity contribution is 6.31. The lowest BCUT2D eigenvalue weighted by Gasteiger charge is -2.11. The van der Waals surface area contributed by atoms with Crippen LogP contribution in [0, 0.1) is 6.92 Å². The van der Waals surface area contributed by atoms with Gasteiger partial charge in [-0.1, -0.05) is 17.7 Å². The molecule has 19 heavy (non-hydrogen) atoms. The maximum absolute atomic E-state index is 11.0. The van der Waals surface area contributed by atoms with Crippen LogP contribution in [0.25, 0.3) is 0 Å². The first-order valence-corrected chi connectivity index (χ1v) is 5.88. The minimum atomic E-state index is -1.09. The fourth-order valence-electron chi connectivity index (χ4n) is 1.60. The third-order valence-electron chi connectivity index (χ3n) is 2.70. The Morgan fingerprint density at radius 1 is 1.47 bits per heavy atom. The monoisotopic (exact) mass is 277 g/mol. The molecule has 0 aliphatic rings. The molecular weight excluding hydrogens is 266 g/mol. The van der Waals surface area contributed by atoms with Crippen LogP contribution in [0.2, 0.25) is 5.02 Å². The minimum Gasteiger partial charge on any atom is -0.478 e. The second-order valence-electron chi connectivity index (χ2n) is 4.00. The Morgan fingerprint density at radius 2 is 2.21 bits per heavy atom. The number of aromatic nitrogens is 1. The molecule has 0 aliphatic heterocycles. The van der Waals surface area contributed by atoms with Gasteiger partial charge >= 0.3 is 5.97 Å². The number of hydrogen-bond acceptors (Lipinski definition) is 4. The Hall–Kier alpha value is -2.27. The predicted octanol–water partition coefficient (Wildman–Crippen LogP) is 3.07. The summed E-state index contributed by atoms with van der Waals surface area (Å²) in [5.74, 6) is -0.692. The molecule has 0 aliphatic carbocycles. The summed E-state index contributed by atoms with van der Waals surface area (Å²) in [6.45, 7) is 1.86. The first kappa shape index (κ1) is 13.2. The van der Waals surface area contributed by atoms with Crippen LogP contribution in [-0.2, 0) is 0 Å². The summed E-state index contributed by atoms with van der Waals surface area (Å²) in [6, 6.07) is 6.80. The van der Waals surface area contributed by atoms with Crippen molar-refractivity contribution < 1.29 is 9.90 Å². The van der Waals surface area contributed by atoms with Crippen LogP contribution < -0.4 is 11.1 Å². The highest BCUT2D eigenvalue weighted by atomic mass is 35.5. The van der Waals surface area contributed by atoms with Gasteiger partial charge < -0.3 is 16.2 Å². The van der Waals surface area contributed by atoms with E-state index in [1.54, 1.807) is 12.1 Å². The summed E-state index contributed by atoms with van der Waals surface area (Å²) >= 11 is 6.01. The molecule has 0 atom stereocenters. The average molecular weight is 278 g/mol. The molecule has 6 heteroatoms. The maximum Gasteiger partial charge on any atom is 0.337 e. The summed E-state index contributed by atoms with van der Waals surface area (Å²) in [4.78, 5) is 15.0. The van der Waals surface area contributed by atoms with E-state index < -0.39 is 5.97 Å². The third-order valence-corrected chi connectivity index (χ3v) is 3.11. The topological polar surface area (TPSA) is 88.2 Å². The molecule has 0 saturated carbocycles. The quantitative estimate of drug-likeness (QED) is 0.802. The number of rotatable bonds is 3. The first-order chi connectivity index (χ1) is 8.99. The van der Waals surface area contributed by atoms with Crippen molar-refractivity contribution >= 4 is 34.8 Å². The van der Waals surface area contributed by atoms with Crippen molar-refractivity contribution in [2.24, 2.45) is 0 Å². The molecule has 0 radical (unpaired) electrons. The lowest BCUT2D eigenvalue weighted by Crippen LogP contribution is -2.05. The number of carboxylic acid groups (broad SMARTS) is 1. The standard InChI is InChI=1S/C13H12ClN3O2/c1-7-9(14)3-2-4-11(7)17-12-5-8(13(18)19)10(15)6-16-12/h2-6H,15H2,1H3,(H,16,17)(H,18,19). The molecule has 0 amide bonds. The number of halogens is 1. The van der Waals surface area contributed by atoms with E-state index in [0.29, 0.717) is 10.8 Å². The molecule has 0 unspecified atom stereocenters. The Morgan fingerprint density at radius 3 is 2.89 bits per heavy atom. The molecule has 4 N–H and O–H groups in total. The Balaban J connectivity index is 2.36. The van der Waals surface area contributed by atoms with Gasteiger partial charge in [-0.25, -0.2) is 9.78 Å². The summed E-state index contributed by atoms with van der Waals surface area (Å²) < 4.78 is 0. The smallest absolute Gasteiger partial charge is 0.337 e. The number of nitrogens with two attached hydrogens (primary N) is 1. The number of carboxylic acids is 1. The molecule has 98 valence electrons. The number of pyridine rings is 1. The van der Waals surface area contributed by atoms with Crippen LogP contribution in [0.4, 0.5) is 17.2 Å². The second kappa shape index (κ2) is 5.16. The number of hydrogen-bond donors (Lipinski definition) is 3.